The molecule has 1 N–H and O–H groups in total. The maximum atomic E-state index is 12.8. The lowest BCUT2D eigenvalue weighted by molar-refractivity contribution is 0.0277. The standard InChI is InChI=1S/C10H11ClFNO/c11-9-5-7(12)1-2-8(9)10-6-13-3-4-14-10/h1-2,5,10,13H,3-4,6H2/t10-/m0/s1. The summed E-state index contributed by atoms with van der Waals surface area (Å²) in [4.78, 5) is 0. The number of ether oxygens (including phenoxy) is 1. The van der Waals surface area contributed by atoms with Crippen molar-refractivity contribution in [2.24, 2.45) is 0 Å². The summed E-state index contributed by atoms with van der Waals surface area (Å²) in [5.41, 5.74) is 0.847. The van der Waals surface area contributed by atoms with E-state index < -0.39 is 0 Å². The van der Waals surface area contributed by atoms with Crippen LogP contribution in [0.4, 0.5) is 4.39 Å². The SMILES string of the molecule is Fc1ccc([C@@H]2CNCCO2)c(Cl)c1. The third-order valence-electron chi connectivity index (χ3n) is 2.24. The zero-order valence-corrected chi connectivity index (χ0v) is 8.35. The van der Waals surface area contributed by atoms with Crippen molar-refractivity contribution >= 4 is 11.6 Å². The Bertz CT molecular complexity index is 326. The number of hydrogen-bond acceptors (Lipinski definition) is 2. The topological polar surface area (TPSA) is 21.3 Å². The molecule has 14 heavy (non-hydrogen) atoms. The predicted octanol–water partition coefficient (Wildman–Crippen LogP) is 2.14. The van der Waals surface area contributed by atoms with E-state index in [9.17, 15) is 4.39 Å². The van der Waals surface area contributed by atoms with E-state index in [4.69, 9.17) is 16.3 Å². The van der Waals surface area contributed by atoms with Crippen LogP contribution in [0.25, 0.3) is 0 Å². The Morgan fingerprint density at radius 1 is 1.50 bits per heavy atom. The van der Waals surface area contributed by atoms with E-state index in [1.54, 1.807) is 6.07 Å². The van der Waals surface area contributed by atoms with E-state index in [0.717, 1.165) is 18.7 Å². The molecule has 76 valence electrons. The van der Waals surface area contributed by atoms with Gasteiger partial charge in [0.15, 0.2) is 0 Å². The van der Waals surface area contributed by atoms with Crippen molar-refractivity contribution in [2.75, 3.05) is 19.7 Å². The summed E-state index contributed by atoms with van der Waals surface area (Å²) >= 11 is 5.92. The minimum Gasteiger partial charge on any atom is -0.371 e. The van der Waals surface area contributed by atoms with Gasteiger partial charge in [-0.3, -0.25) is 0 Å². The first kappa shape index (κ1) is 9.90. The highest BCUT2D eigenvalue weighted by Crippen LogP contribution is 2.26. The largest absolute Gasteiger partial charge is 0.371 e. The van der Waals surface area contributed by atoms with Gasteiger partial charge in [-0.25, -0.2) is 4.39 Å². The molecule has 1 atom stereocenters. The molecule has 1 aromatic carbocycles. The van der Waals surface area contributed by atoms with Gasteiger partial charge in [0, 0.05) is 23.7 Å². The van der Waals surface area contributed by atoms with Crippen molar-refractivity contribution < 1.29 is 9.13 Å². The first-order valence-corrected chi connectivity index (χ1v) is 4.92. The smallest absolute Gasteiger partial charge is 0.124 e. The molecule has 0 spiro atoms. The van der Waals surface area contributed by atoms with Crippen LogP contribution >= 0.6 is 11.6 Å². The molecule has 2 nitrogen and oxygen atoms in total. The summed E-state index contributed by atoms with van der Waals surface area (Å²) in [6.45, 7) is 2.25. The van der Waals surface area contributed by atoms with Crippen molar-refractivity contribution in [1.29, 1.82) is 0 Å². The molecule has 1 aliphatic heterocycles. The van der Waals surface area contributed by atoms with Crippen LogP contribution in [-0.2, 0) is 4.74 Å². The number of morpholine rings is 1. The first-order valence-electron chi connectivity index (χ1n) is 4.54. The second-order valence-electron chi connectivity index (χ2n) is 3.23. The van der Waals surface area contributed by atoms with Gasteiger partial charge < -0.3 is 10.1 Å². The number of rotatable bonds is 1. The van der Waals surface area contributed by atoms with Gasteiger partial charge in [-0.1, -0.05) is 17.7 Å². The van der Waals surface area contributed by atoms with Crippen molar-refractivity contribution in [3.05, 3.63) is 34.6 Å². The molecule has 2 rings (SSSR count). The summed E-state index contributed by atoms with van der Waals surface area (Å²) in [5, 5.41) is 3.63. The number of nitrogens with one attached hydrogen (secondary N) is 1. The Hall–Kier alpha value is -0.640. The van der Waals surface area contributed by atoms with Crippen LogP contribution in [0.2, 0.25) is 5.02 Å². The minimum atomic E-state index is -0.317. The molecule has 0 aromatic heterocycles. The third-order valence-corrected chi connectivity index (χ3v) is 2.56. The number of benzene rings is 1. The summed E-state index contributed by atoms with van der Waals surface area (Å²) in [5.74, 6) is -0.317. The molecule has 1 fully saturated rings. The van der Waals surface area contributed by atoms with Gasteiger partial charge in [0.1, 0.15) is 5.82 Å². The van der Waals surface area contributed by atoms with Crippen molar-refractivity contribution in [2.45, 2.75) is 6.10 Å². The fraction of sp³-hybridized carbons (Fsp3) is 0.400. The van der Waals surface area contributed by atoms with E-state index in [0.29, 0.717) is 11.6 Å². The highest BCUT2D eigenvalue weighted by Gasteiger charge is 2.18. The quantitative estimate of drug-likeness (QED) is 0.775. The third kappa shape index (κ3) is 2.05. The Labute approximate surface area is 87.0 Å². The van der Waals surface area contributed by atoms with Crippen LogP contribution in [0, 0.1) is 5.82 Å². The van der Waals surface area contributed by atoms with E-state index in [1.165, 1.54) is 12.1 Å². The molecule has 0 unspecified atom stereocenters. The second-order valence-corrected chi connectivity index (χ2v) is 3.64. The van der Waals surface area contributed by atoms with Crippen LogP contribution in [-0.4, -0.2) is 19.7 Å². The Morgan fingerprint density at radius 3 is 3.00 bits per heavy atom. The first-order chi connectivity index (χ1) is 6.77. The van der Waals surface area contributed by atoms with Gasteiger partial charge in [-0.15, -0.1) is 0 Å². The van der Waals surface area contributed by atoms with Gasteiger partial charge in [0.25, 0.3) is 0 Å². The number of halogens is 2. The summed E-state index contributed by atoms with van der Waals surface area (Å²) in [6, 6.07) is 4.39. The molecule has 0 bridgehead atoms. The molecule has 1 heterocycles. The lowest BCUT2D eigenvalue weighted by Gasteiger charge is -2.24. The molecule has 0 amide bonds. The maximum absolute atomic E-state index is 12.8. The fourth-order valence-electron chi connectivity index (χ4n) is 1.53. The van der Waals surface area contributed by atoms with E-state index >= 15 is 0 Å². The normalized spacial score (nSPS) is 22.3. The fourth-order valence-corrected chi connectivity index (χ4v) is 1.82. The van der Waals surface area contributed by atoms with Crippen LogP contribution in [0.1, 0.15) is 11.7 Å². The van der Waals surface area contributed by atoms with E-state index in [2.05, 4.69) is 5.32 Å². The summed E-state index contributed by atoms with van der Waals surface area (Å²) in [6.07, 6.45) is -0.0585. The monoisotopic (exact) mass is 215 g/mol. The molecule has 1 saturated heterocycles. The predicted molar refractivity (Wildman–Crippen MR) is 53.0 cm³/mol. The molecule has 4 heteroatoms. The summed E-state index contributed by atoms with van der Waals surface area (Å²) < 4.78 is 18.3. The molecule has 0 aliphatic carbocycles. The van der Waals surface area contributed by atoms with Gasteiger partial charge in [0.2, 0.25) is 0 Å². The Morgan fingerprint density at radius 2 is 2.36 bits per heavy atom. The van der Waals surface area contributed by atoms with Crippen molar-refractivity contribution in [1.82, 2.24) is 5.32 Å². The van der Waals surface area contributed by atoms with E-state index in [-0.39, 0.29) is 11.9 Å². The molecule has 1 aromatic rings. The Kier molecular flexibility index (Phi) is 3.01. The van der Waals surface area contributed by atoms with Gasteiger partial charge in [-0.05, 0) is 12.1 Å². The van der Waals surface area contributed by atoms with Crippen LogP contribution in [0.15, 0.2) is 18.2 Å². The molecule has 0 radical (unpaired) electrons. The molecule has 0 saturated carbocycles. The molecule has 1 aliphatic rings. The van der Waals surface area contributed by atoms with Gasteiger partial charge >= 0.3 is 0 Å². The Balaban J connectivity index is 2.22. The maximum Gasteiger partial charge on any atom is 0.124 e. The second kappa shape index (κ2) is 4.26. The molecular formula is C10H11ClFNO. The number of hydrogen-bond donors (Lipinski definition) is 1. The zero-order chi connectivity index (χ0) is 9.97. The van der Waals surface area contributed by atoms with Crippen molar-refractivity contribution in [3.63, 3.8) is 0 Å². The highest BCUT2D eigenvalue weighted by atomic mass is 35.5. The lowest BCUT2D eigenvalue weighted by Crippen LogP contribution is -2.33. The summed E-state index contributed by atoms with van der Waals surface area (Å²) in [7, 11) is 0. The van der Waals surface area contributed by atoms with Crippen LogP contribution in [0.5, 0.6) is 0 Å². The van der Waals surface area contributed by atoms with Gasteiger partial charge in [-0.2, -0.15) is 0 Å². The zero-order valence-electron chi connectivity index (χ0n) is 7.59. The highest BCUT2D eigenvalue weighted by molar-refractivity contribution is 6.31. The van der Waals surface area contributed by atoms with Gasteiger partial charge in [0.05, 0.1) is 12.7 Å². The average Bonchev–Trinajstić information content (AvgIpc) is 2.19. The minimum absolute atomic E-state index is 0.0585. The van der Waals surface area contributed by atoms with E-state index in [1.807, 2.05) is 0 Å². The molecular weight excluding hydrogens is 205 g/mol. The van der Waals surface area contributed by atoms with Crippen molar-refractivity contribution in [3.8, 4) is 0 Å². The average molecular weight is 216 g/mol. The lowest BCUT2D eigenvalue weighted by atomic mass is 10.1. The van der Waals surface area contributed by atoms with Crippen LogP contribution < -0.4 is 5.32 Å². The van der Waals surface area contributed by atoms with Crippen LogP contribution in [0.3, 0.4) is 0 Å².